The van der Waals surface area contributed by atoms with Crippen LogP contribution in [0.25, 0.3) is 0 Å². The minimum atomic E-state index is -0.889. The lowest BCUT2D eigenvalue weighted by Gasteiger charge is -2.24. The Bertz CT molecular complexity index is 707. The number of halogens is 2. The summed E-state index contributed by atoms with van der Waals surface area (Å²) in [5.41, 5.74) is 0.360. The average molecular weight is 325 g/mol. The Morgan fingerprint density at radius 3 is 2.67 bits per heavy atom. The molecule has 21 heavy (non-hydrogen) atoms. The summed E-state index contributed by atoms with van der Waals surface area (Å²) < 4.78 is 0. The van der Waals surface area contributed by atoms with E-state index in [1.165, 1.54) is 13.0 Å². The molecule has 0 fully saturated rings. The number of rotatable bonds is 3. The lowest BCUT2D eigenvalue weighted by atomic mass is 9.97. The maximum atomic E-state index is 12.0. The van der Waals surface area contributed by atoms with Crippen LogP contribution in [0.1, 0.15) is 18.5 Å². The zero-order valence-corrected chi connectivity index (χ0v) is 12.4. The Morgan fingerprint density at radius 2 is 2.14 bits per heavy atom. The van der Waals surface area contributed by atoms with Gasteiger partial charge in [0.05, 0.1) is 17.7 Å². The molecule has 1 amide bonds. The van der Waals surface area contributed by atoms with E-state index in [-0.39, 0.29) is 17.1 Å². The van der Waals surface area contributed by atoms with Gasteiger partial charge in [0.25, 0.3) is 5.91 Å². The molecule has 1 atom stereocenters. The number of nitriles is 1. The normalized spacial score (nSPS) is 18.1. The highest BCUT2D eigenvalue weighted by molar-refractivity contribution is 6.35. The summed E-state index contributed by atoms with van der Waals surface area (Å²) >= 11 is 12.0. The van der Waals surface area contributed by atoms with Gasteiger partial charge in [-0.05, 0) is 24.6 Å². The summed E-state index contributed by atoms with van der Waals surface area (Å²) in [7, 11) is 0. The van der Waals surface area contributed by atoms with E-state index in [2.05, 4.69) is 0 Å². The molecular formula is C14H10Cl2N2O3. The van der Waals surface area contributed by atoms with Crippen molar-refractivity contribution in [2.24, 2.45) is 0 Å². The van der Waals surface area contributed by atoms with E-state index in [9.17, 15) is 14.7 Å². The van der Waals surface area contributed by atoms with E-state index in [1.807, 2.05) is 6.07 Å². The van der Waals surface area contributed by atoms with Crippen molar-refractivity contribution in [2.75, 3.05) is 6.54 Å². The monoisotopic (exact) mass is 324 g/mol. The molecular weight excluding hydrogens is 315 g/mol. The van der Waals surface area contributed by atoms with Gasteiger partial charge in [-0.2, -0.15) is 5.26 Å². The second kappa shape index (κ2) is 5.76. The van der Waals surface area contributed by atoms with Crippen LogP contribution < -0.4 is 0 Å². The third-order valence-electron chi connectivity index (χ3n) is 3.18. The third kappa shape index (κ3) is 2.60. The Labute approximate surface area is 131 Å². The number of amides is 1. The first kappa shape index (κ1) is 15.4. The third-order valence-corrected chi connectivity index (χ3v) is 3.74. The number of ketones is 1. The molecule has 0 unspecified atom stereocenters. The Balaban J connectivity index is 2.63. The molecule has 2 rings (SSSR count). The van der Waals surface area contributed by atoms with Gasteiger partial charge in [0.2, 0.25) is 0 Å². The summed E-state index contributed by atoms with van der Waals surface area (Å²) in [5, 5.41) is 19.4. The highest BCUT2D eigenvalue weighted by atomic mass is 35.5. The van der Waals surface area contributed by atoms with Crippen LogP contribution >= 0.6 is 23.2 Å². The molecule has 0 saturated heterocycles. The van der Waals surface area contributed by atoms with E-state index in [0.717, 1.165) is 4.90 Å². The minimum Gasteiger partial charge on any atom is -0.503 e. The lowest BCUT2D eigenvalue weighted by Crippen LogP contribution is -2.31. The molecule has 1 aromatic carbocycles. The predicted octanol–water partition coefficient (Wildman–Crippen LogP) is 2.80. The van der Waals surface area contributed by atoms with Crippen molar-refractivity contribution in [3.63, 3.8) is 0 Å². The molecule has 1 heterocycles. The molecule has 108 valence electrons. The van der Waals surface area contributed by atoms with Gasteiger partial charge in [-0.3, -0.25) is 9.59 Å². The first-order valence-electron chi connectivity index (χ1n) is 5.95. The number of benzene rings is 1. The first-order chi connectivity index (χ1) is 9.88. The fraction of sp³-hybridized carbons (Fsp3) is 0.214. The van der Waals surface area contributed by atoms with Gasteiger partial charge in [-0.1, -0.05) is 29.3 Å². The number of hydrogen-bond acceptors (Lipinski definition) is 4. The average Bonchev–Trinajstić information content (AvgIpc) is 2.64. The van der Waals surface area contributed by atoms with E-state index in [0.29, 0.717) is 10.6 Å². The summed E-state index contributed by atoms with van der Waals surface area (Å²) in [6.07, 6.45) is 0. The molecule has 1 aliphatic heterocycles. The molecule has 0 saturated carbocycles. The standard InChI is InChI=1S/C14H10Cl2N2O3/c1-7(19)11-12(9-3-2-8(15)6-10(9)16)18(5-4-17)14(21)13(11)20/h2-3,6,12,20H,5H2,1H3/t12-/m0/s1. The van der Waals surface area contributed by atoms with Gasteiger partial charge >= 0.3 is 0 Å². The molecule has 0 aliphatic carbocycles. The molecule has 0 spiro atoms. The molecule has 0 radical (unpaired) electrons. The fourth-order valence-corrected chi connectivity index (χ4v) is 2.81. The molecule has 7 heteroatoms. The van der Waals surface area contributed by atoms with Crippen LogP contribution in [0.2, 0.25) is 10.0 Å². The highest BCUT2D eigenvalue weighted by Crippen LogP contribution is 2.40. The largest absolute Gasteiger partial charge is 0.503 e. The van der Waals surface area contributed by atoms with Crippen LogP contribution in [0.3, 0.4) is 0 Å². The van der Waals surface area contributed by atoms with Crippen molar-refractivity contribution < 1.29 is 14.7 Å². The number of carbonyl (C=O) groups excluding carboxylic acids is 2. The van der Waals surface area contributed by atoms with Crippen LogP contribution in [0, 0.1) is 11.3 Å². The molecule has 1 N–H and O–H groups in total. The number of nitrogens with zero attached hydrogens (tertiary/aromatic N) is 2. The van der Waals surface area contributed by atoms with E-state index < -0.39 is 23.5 Å². The number of hydrogen-bond donors (Lipinski definition) is 1. The summed E-state index contributed by atoms with van der Waals surface area (Å²) in [4.78, 5) is 24.9. The Hall–Kier alpha value is -2.03. The molecule has 1 aliphatic rings. The van der Waals surface area contributed by atoms with Crippen molar-refractivity contribution in [3.05, 3.63) is 45.1 Å². The predicted molar refractivity (Wildman–Crippen MR) is 76.9 cm³/mol. The van der Waals surface area contributed by atoms with Crippen LogP contribution in [0.5, 0.6) is 0 Å². The molecule has 5 nitrogen and oxygen atoms in total. The van der Waals surface area contributed by atoms with E-state index in [4.69, 9.17) is 28.5 Å². The van der Waals surface area contributed by atoms with Gasteiger partial charge in [0.1, 0.15) is 6.54 Å². The van der Waals surface area contributed by atoms with Gasteiger partial charge < -0.3 is 10.0 Å². The van der Waals surface area contributed by atoms with Crippen molar-refractivity contribution in [3.8, 4) is 6.07 Å². The number of aliphatic hydroxyl groups is 1. The van der Waals surface area contributed by atoms with Crippen molar-refractivity contribution in [1.82, 2.24) is 4.90 Å². The fourth-order valence-electron chi connectivity index (χ4n) is 2.30. The second-order valence-electron chi connectivity index (χ2n) is 4.48. The van der Waals surface area contributed by atoms with Crippen molar-refractivity contribution in [2.45, 2.75) is 13.0 Å². The maximum Gasteiger partial charge on any atom is 0.290 e. The minimum absolute atomic E-state index is 0.0699. The topological polar surface area (TPSA) is 81.4 Å². The molecule has 0 aromatic heterocycles. The summed E-state index contributed by atoms with van der Waals surface area (Å²) in [6, 6.07) is 5.55. The zero-order valence-electron chi connectivity index (χ0n) is 10.9. The Kier molecular flexibility index (Phi) is 4.21. The van der Waals surface area contributed by atoms with Crippen LogP contribution in [0.4, 0.5) is 0 Å². The molecule has 1 aromatic rings. The summed E-state index contributed by atoms with van der Waals surface area (Å²) in [6.45, 7) is 0.967. The number of carbonyl (C=O) groups is 2. The second-order valence-corrected chi connectivity index (χ2v) is 5.32. The first-order valence-corrected chi connectivity index (χ1v) is 6.71. The van der Waals surface area contributed by atoms with Crippen LogP contribution in [-0.2, 0) is 9.59 Å². The number of aliphatic hydroxyl groups excluding tert-OH is 1. The maximum absolute atomic E-state index is 12.0. The quantitative estimate of drug-likeness (QED) is 0.867. The number of Topliss-reactive ketones (excluding diaryl/α,β-unsaturated/α-hetero) is 1. The molecule has 0 bridgehead atoms. The SMILES string of the molecule is CC(=O)C1=C(O)C(=O)N(CC#N)[C@H]1c1ccc(Cl)cc1Cl. The van der Waals surface area contributed by atoms with E-state index in [1.54, 1.807) is 12.1 Å². The highest BCUT2D eigenvalue weighted by Gasteiger charge is 2.42. The Morgan fingerprint density at radius 1 is 1.48 bits per heavy atom. The zero-order chi connectivity index (χ0) is 15.7. The summed E-state index contributed by atoms with van der Waals surface area (Å²) in [5.74, 6) is -1.87. The van der Waals surface area contributed by atoms with Crippen LogP contribution in [0.15, 0.2) is 29.5 Å². The van der Waals surface area contributed by atoms with Gasteiger partial charge in [-0.15, -0.1) is 0 Å². The van der Waals surface area contributed by atoms with Crippen molar-refractivity contribution in [1.29, 1.82) is 5.26 Å². The van der Waals surface area contributed by atoms with Gasteiger partial charge in [0, 0.05) is 10.0 Å². The van der Waals surface area contributed by atoms with Gasteiger partial charge in [0.15, 0.2) is 11.5 Å². The van der Waals surface area contributed by atoms with Gasteiger partial charge in [-0.25, -0.2) is 0 Å². The van der Waals surface area contributed by atoms with Crippen LogP contribution in [-0.4, -0.2) is 28.2 Å². The lowest BCUT2D eigenvalue weighted by molar-refractivity contribution is -0.128. The van der Waals surface area contributed by atoms with E-state index >= 15 is 0 Å². The smallest absolute Gasteiger partial charge is 0.290 e. The van der Waals surface area contributed by atoms with Crippen molar-refractivity contribution >= 4 is 34.9 Å².